The summed E-state index contributed by atoms with van der Waals surface area (Å²) in [6.45, 7) is 2.65. The average Bonchev–Trinajstić information content (AvgIpc) is 2.62. The van der Waals surface area contributed by atoms with Crippen LogP contribution in [0.1, 0.15) is 18.1 Å². The van der Waals surface area contributed by atoms with Gasteiger partial charge in [0, 0.05) is 29.6 Å². The first-order chi connectivity index (χ1) is 12.1. The first-order valence-electron chi connectivity index (χ1n) is 8.38. The van der Waals surface area contributed by atoms with Gasteiger partial charge in [-0.1, -0.05) is 30.3 Å². The van der Waals surface area contributed by atoms with Crippen molar-refractivity contribution in [1.82, 2.24) is 9.88 Å². The molecule has 2 heterocycles. The third-order valence-electron chi connectivity index (χ3n) is 4.82. The number of pyridine rings is 1. The maximum atomic E-state index is 12.8. The van der Waals surface area contributed by atoms with Crippen molar-refractivity contribution >= 4 is 22.5 Å². The lowest BCUT2D eigenvalue weighted by Gasteiger charge is -2.35. The molecule has 1 aromatic heterocycles. The molecule has 2 aromatic carbocycles. The summed E-state index contributed by atoms with van der Waals surface area (Å²) in [5.74, 6) is 0. The van der Waals surface area contributed by atoms with E-state index in [-0.39, 0.29) is 17.6 Å². The molecule has 1 aliphatic heterocycles. The van der Waals surface area contributed by atoms with Gasteiger partial charge in [-0.25, -0.2) is 4.79 Å². The summed E-state index contributed by atoms with van der Waals surface area (Å²) in [6, 6.07) is 15.4. The van der Waals surface area contributed by atoms with Crippen molar-refractivity contribution in [2.45, 2.75) is 25.9 Å². The maximum Gasteiger partial charge on any atom is 0.322 e. The van der Waals surface area contributed by atoms with Gasteiger partial charge in [-0.2, -0.15) is 0 Å². The fourth-order valence-corrected chi connectivity index (χ4v) is 3.47. The van der Waals surface area contributed by atoms with Crippen LogP contribution in [0, 0.1) is 0 Å². The number of rotatable bonds is 1. The molecule has 25 heavy (non-hydrogen) atoms. The SMILES string of the molecule is CC1Cc2ccccc2CN1C(=O)Nc1cccc2c(=O)[nH]ccc12. The molecule has 4 rings (SSSR count). The third-order valence-corrected chi connectivity index (χ3v) is 4.82. The zero-order chi connectivity index (χ0) is 17.4. The smallest absolute Gasteiger partial charge is 0.322 e. The number of fused-ring (bicyclic) bond motifs is 2. The molecule has 2 N–H and O–H groups in total. The lowest BCUT2D eigenvalue weighted by molar-refractivity contribution is 0.182. The number of benzene rings is 2. The number of hydrogen-bond donors (Lipinski definition) is 2. The highest BCUT2D eigenvalue weighted by molar-refractivity contribution is 6.01. The van der Waals surface area contributed by atoms with Gasteiger partial charge < -0.3 is 15.2 Å². The van der Waals surface area contributed by atoms with Crippen molar-refractivity contribution in [3.63, 3.8) is 0 Å². The molecular formula is C20H19N3O2. The standard InChI is InChI=1S/C20H19N3O2/c1-13-11-14-5-2-3-6-15(14)12-23(13)20(25)22-18-8-4-7-17-16(18)9-10-21-19(17)24/h2-10,13H,11-12H2,1H3,(H,21,24)(H,22,25). The van der Waals surface area contributed by atoms with Gasteiger partial charge in [-0.3, -0.25) is 4.79 Å². The number of aromatic amines is 1. The number of carbonyl (C=O) groups excluding carboxylic acids is 1. The molecule has 1 atom stereocenters. The van der Waals surface area contributed by atoms with E-state index in [0.29, 0.717) is 17.6 Å². The lowest BCUT2D eigenvalue weighted by Crippen LogP contribution is -2.44. The predicted octanol–water partition coefficient (Wildman–Crippen LogP) is 3.51. The second-order valence-electron chi connectivity index (χ2n) is 6.45. The van der Waals surface area contributed by atoms with E-state index < -0.39 is 0 Å². The number of carbonyl (C=O) groups is 1. The van der Waals surface area contributed by atoms with Crippen LogP contribution in [0.3, 0.4) is 0 Å². The quantitative estimate of drug-likeness (QED) is 0.716. The van der Waals surface area contributed by atoms with Crippen molar-refractivity contribution in [2.75, 3.05) is 5.32 Å². The Morgan fingerprint density at radius 3 is 2.72 bits per heavy atom. The molecule has 1 unspecified atom stereocenters. The van der Waals surface area contributed by atoms with Gasteiger partial charge in [0.1, 0.15) is 0 Å². The first kappa shape index (κ1) is 15.4. The molecule has 2 amide bonds. The van der Waals surface area contributed by atoms with E-state index in [0.717, 1.165) is 11.8 Å². The largest absolute Gasteiger partial charge is 0.329 e. The molecule has 0 saturated heterocycles. The van der Waals surface area contributed by atoms with Gasteiger partial charge in [-0.05, 0) is 42.7 Å². The van der Waals surface area contributed by atoms with E-state index >= 15 is 0 Å². The van der Waals surface area contributed by atoms with Crippen LogP contribution in [0.2, 0.25) is 0 Å². The molecule has 0 radical (unpaired) electrons. The van der Waals surface area contributed by atoms with E-state index in [9.17, 15) is 9.59 Å². The third kappa shape index (κ3) is 2.78. The average molecular weight is 333 g/mol. The molecule has 0 spiro atoms. The normalized spacial score (nSPS) is 16.5. The fourth-order valence-electron chi connectivity index (χ4n) is 3.47. The van der Waals surface area contributed by atoms with Crippen LogP contribution >= 0.6 is 0 Å². The molecule has 0 saturated carbocycles. The minimum Gasteiger partial charge on any atom is -0.329 e. The summed E-state index contributed by atoms with van der Waals surface area (Å²) >= 11 is 0. The lowest BCUT2D eigenvalue weighted by atomic mass is 9.95. The summed E-state index contributed by atoms with van der Waals surface area (Å²) in [5.41, 5.74) is 2.98. The van der Waals surface area contributed by atoms with E-state index in [1.54, 1.807) is 24.4 Å². The molecule has 1 aliphatic rings. The van der Waals surface area contributed by atoms with Crippen LogP contribution in [-0.4, -0.2) is 22.0 Å². The van der Waals surface area contributed by atoms with Gasteiger partial charge in [-0.15, -0.1) is 0 Å². The van der Waals surface area contributed by atoms with Crippen LogP contribution in [-0.2, 0) is 13.0 Å². The van der Waals surface area contributed by atoms with E-state index in [1.807, 2.05) is 23.1 Å². The first-order valence-corrected chi connectivity index (χ1v) is 8.38. The summed E-state index contributed by atoms with van der Waals surface area (Å²) in [6.07, 6.45) is 2.44. The maximum absolute atomic E-state index is 12.8. The Morgan fingerprint density at radius 2 is 1.88 bits per heavy atom. The molecule has 0 bridgehead atoms. The Hall–Kier alpha value is -3.08. The minimum atomic E-state index is -0.158. The van der Waals surface area contributed by atoms with Gasteiger partial charge in [0.15, 0.2) is 0 Å². The van der Waals surface area contributed by atoms with E-state index in [2.05, 4.69) is 29.4 Å². The molecule has 3 aromatic rings. The van der Waals surface area contributed by atoms with Crippen molar-refractivity contribution in [2.24, 2.45) is 0 Å². The van der Waals surface area contributed by atoms with Crippen LogP contribution in [0.25, 0.3) is 10.8 Å². The number of aromatic nitrogens is 1. The van der Waals surface area contributed by atoms with Crippen molar-refractivity contribution < 1.29 is 4.79 Å². The van der Waals surface area contributed by atoms with Gasteiger partial charge in [0.05, 0.1) is 5.69 Å². The Morgan fingerprint density at radius 1 is 1.08 bits per heavy atom. The van der Waals surface area contributed by atoms with Crippen molar-refractivity contribution in [3.05, 3.63) is 76.2 Å². The number of amides is 2. The molecule has 5 nitrogen and oxygen atoms in total. The Balaban J connectivity index is 1.63. The number of nitrogens with one attached hydrogen (secondary N) is 2. The van der Waals surface area contributed by atoms with Gasteiger partial charge >= 0.3 is 6.03 Å². The summed E-state index contributed by atoms with van der Waals surface area (Å²) in [7, 11) is 0. The number of urea groups is 1. The van der Waals surface area contributed by atoms with Crippen LogP contribution < -0.4 is 10.9 Å². The topological polar surface area (TPSA) is 65.2 Å². The molecule has 0 aliphatic carbocycles. The van der Waals surface area contributed by atoms with Crippen molar-refractivity contribution in [3.8, 4) is 0 Å². The van der Waals surface area contributed by atoms with E-state index in [4.69, 9.17) is 0 Å². The Labute approximate surface area is 145 Å². The number of H-pyrrole nitrogens is 1. The zero-order valence-electron chi connectivity index (χ0n) is 14.0. The molecule has 0 fully saturated rings. The van der Waals surface area contributed by atoms with Gasteiger partial charge in [0.25, 0.3) is 5.56 Å². The molecule has 5 heteroatoms. The number of anilines is 1. The second kappa shape index (κ2) is 6.09. The van der Waals surface area contributed by atoms with Crippen LogP contribution in [0.5, 0.6) is 0 Å². The highest BCUT2D eigenvalue weighted by Crippen LogP contribution is 2.25. The zero-order valence-corrected chi connectivity index (χ0v) is 14.0. The highest BCUT2D eigenvalue weighted by Gasteiger charge is 2.26. The van der Waals surface area contributed by atoms with Gasteiger partial charge in [0.2, 0.25) is 0 Å². The molecular weight excluding hydrogens is 314 g/mol. The Bertz CT molecular complexity index is 1010. The summed E-state index contributed by atoms with van der Waals surface area (Å²) in [5, 5.41) is 4.28. The summed E-state index contributed by atoms with van der Waals surface area (Å²) in [4.78, 5) is 29.3. The van der Waals surface area contributed by atoms with Crippen molar-refractivity contribution in [1.29, 1.82) is 0 Å². The number of hydrogen-bond acceptors (Lipinski definition) is 2. The predicted molar refractivity (Wildman–Crippen MR) is 98.7 cm³/mol. The summed E-state index contributed by atoms with van der Waals surface area (Å²) < 4.78 is 0. The second-order valence-corrected chi connectivity index (χ2v) is 6.45. The van der Waals surface area contributed by atoms with Crippen LogP contribution in [0.15, 0.2) is 59.5 Å². The highest BCUT2D eigenvalue weighted by atomic mass is 16.2. The van der Waals surface area contributed by atoms with E-state index in [1.165, 1.54) is 11.1 Å². The minimum absolute atomic E-state index is 0.119. The monoisotopic (exact) mass is 333 g/mol. The number of nitrogens with zero attached hydrogens (tertiary/aromatic N) is 1. The fraction of sp³-hybridized carbons (Fsp3) is 0.200. The molecule has 126 valence electrons. The Kier molecular flexibility index (Phi) is 3.76. The van der Waals surface area contributed by atoms with Crippen LogP contribution in [0.4, 0.5) is 10.5 Å².